The third kappa shape index (κ3) is 4.23. The van der Waals surface area contributed by atoms with Crippen molar-refractivity contribution in [2.75, 3.05) is 6.61 Å². The van der Waals surface area contributed by atoms with E-state index < -0.39 is 0 Å². The van der Waals surface area contributed by atoms with Crippen molar-refractivity contribution in [2.24, 2.45) is 0 Å². The molecule has 0 spiro atoms. The third-order valence-corrected chi connectivity index (χ3v) is 3.45. The van der Waals surface area contributed by atoms with E-state index in [9.17, 15) is 4.79 Å². The van der Waals surface area contributed by atoms with Crippen LogP contribution in [0.3, 0.4) is 0 Å². The van der Waals surface area contributed by atoms with E-state index in [1.54, 1.807) is 11.4 Å². The molecule has 0 bridgehead atoms. The molecule has 0 radical (unpaired) electrons. The molecule has 0 aliphatic rings. The maximum atomic E-state index is 12.0. The Morgan fingerprint density at radius 3 is 2.85 bits per heavy atom. The lowest BCUT2D eigenvalue weighted by Gasteiger charge is -2.03. The van der Waals surface area contributed by atoms with Crippen LogP contribution in [0.25, 0.3) is 0 Å². The van der Waals surface area contributed by atoms with Gasteiger partial charge in [-0.3, -0.25) is 4.79 Å². The Morgan fingerprint density at radius 2 is 2.10 bits per heavy atom. The molecule has 2 rings (SSSR count). The smallest absolute Gasteiger partial charge is 0.252 e. The average Bonchev–Trinajstić information content (AvgIpc) is 2.95. The molecule has 0 saturated heterocycles. The van der Waals surface area contributed by atoms with Crippen molar-refractivity contribution in [3.05, 3.63) is 57.8 Å². The molecule has 0 fully saturated rings. The lowest BCUT2D eigenvalue weighted by Crippen LogP contribution is -2.22. The van der Waals surface area contributed by atoms with Gasteiger partial charge in [0, 0.05) is 18.3 Å². The Balaban J connectivity index is 1.92. The number of aliphatic hydroxyl groups is 1. The van der Waals surface area contributed by atoms with E-state index in [1.807, 2.05) is 30.3 Å². The number of thiophene rings is 1. The largest absolute Gasteiger partial charge is 0.395 e. The van der Waals surface area contributed by atoms with Gasteiger partial charge in [0.2, 0.25) is 0 Å². The van der Waals surface area contributed by atoms with Crippen molar-refractivity contribution in [1.29, 1.82) is 0 Å². The van der Waals surface area contributed by atoms with E-state index in [2.05, 4.69) is 17.2 Å². The molecule has 102 valence electrons. The zero-order valence-corrected chi connectivity index (χ0v) is 11.7. The van der Waals surface area contributed by atoms with E-state index in [0.717, 1.165) is 10.4 Å². The van der Waals surface area contributed by atoms with Gasteiger partial charge in [-0.25, -0.2) is 0 Å². The number of hydrogen-bond donors (Lipinski definition) is 2. The second-order valence-electron chi connectivity index (χ2n) is 4.14. The molecule has 20 heavy (non-hydrogen) atoms. The first-order valence-corrected chi connectivity index (χ1v) is 7.18. The summed E-state index contributed by atoms with van der Waals surface area (Å²) in [6, 6.07) is 11.6. The topological polar surface area (TPSA) is 49.3 Å². The predicted octanol–water partition coefficient (Wildman–Crippen LogP) is 2.41. The maximum absolute atomic E-state index is 12.0. The highest BCUT2D eigenvalue weighted by molar-refractivity contribution is 7.10. The molecule has 4 heteroatoms. The van der Waals surface area contributed by atoms with Crippen LogP contribution in [0.2, 0.25) is 0 Å². The minimum absolute atomic E-state index is 0.0583. The van der Waals surface area contributed by atoms with Crippen LogP contribution in [0.5, 0.6) is 0 Å². The minimum Gasteiger partial charge on any atom is -0.395 e. The normalized spacial score (nSPS) is 9.65. The van der Waals surface area contributed by atoms with Gasteiger partial charge in [-0.05, 0) is 11.6 Å². The summed E-state index contributed by atoms with van der Waals surface area (Å²) >= 11 is 1.43. The molecule has 0 saturated carbocycles. The molecule has 1 heterocycles. The Labute approximate surface area is 122 Å². The number of amides is 1. The van der Waals surface area contributed by atoms with Crippen molar-refractivity contribution >= 4 is 17.2 Å². The predicted molar refractivity (Wildman–Crippen MR) is 80.5 cm³/mol. The molecule has 2 N–H and O–H groups in total. The molecule has 0 atom stereocenters. The van der Waals surface area contributed by atoms with Crippen LogP contribution in [0, 0.1) is 11.8 Å². The summed E-state index contributed by atoms with van der Waals surface area (Å²) in [5, 5.41) is 13.3. The standard InChI is InChI=1S/C16H15NO2S/c18-9-5-4-8-15-10-14(12-20-15)16(19)17-11-13-6-2-1-3-7-13/h1-3,6-7,10,12,18H,5,9,11H2,(H,17,19). The quantitative estimate of drug-likeness (QED) is 0.848. The van der Waals surface area contributed by atoms with Crippen LogP contribution in [0.4, 0.5) is 0 Å². The van der Waals surface area contributed by atoms with Crippen LogP contribution < -0.4 is 5.32 Å². The van der Waals surface area contributed by atoms with Crippen LogP contribution in [-0.4, -0.2) is 17.6 Å². The summed E-state index contributed by atoms with van der Waals surface area (Å²) in [7, 11) is 0. The van der Waals surface area contributed by atoms with Gasteiger partial charge < -0.3 is 10.4 Å². The highest BCUT2D eigenvalue weighted by atomic mass is 32.1. The van der Waals surface area contributed by atoms with Crippen LogP contribution in [-0.2, 0) is 6.54 Å². The molecule has 2 aromatic rings. The first-order valence-electron chi connectivity index (χ1n) is 6.30. The summed E-state index contributed by atoms with van der Waals surface area (Å²) in [5.74, 6) is 5.67. The fourth-order valence-electron chi connectivity index (χ4n) is 1.61. The summed E-state index contributed by atoms with van der Waals surface area (Å²) in [5.41, 5.74) is 1.69. The summed E-state index contributed by atoms with van der Waals surface area (Å²) in [6.45, 7) is 0.573. The average molecular weight is 285 g/mol. The Hall–Kier alpha value is -2.09. The lowest BCUT2D eigenvalue weighted by atomic mass is 10.2. The molecule has 1 amide bonds. The van der Waals surface area contributed by atoms with Gasteiger partial charge in [-0.15, -0.1) is 11.3 Å². The fraction of sp³-hybridized carbons (Fsp3) is 0.188. The van der Waals surface area contributed by atoms with E-state index in [0.29, 0.717) is 18.5 Å². The van der Waals surface area contributed by atoms with Gasteiger partial charge in [0.1, 0.15) is 0 Å². The minimum atomic E-state index is -0.0969. The number of nitrogens with one attached hydrogen (secondary N) is 1. The summed E-state index contributed by atoms with van der Waals surface area (Å²) < 4.78 is 0. The molecule has 3 nitrogen and oxygen atoms in total. The molecule has 1 aromatic heterocycles. The number of benzene rings is 1. The van der Waals surface area contributed by atoms with Crippen molar-refractivity contribution < 1.29 is 9.90 Å². The van der Waals surface area contributed by atoms with E-state index >= 15 is 0 Å². The molecular weight excluding hydrogens is 270 g/mol. The maximum Gasteiger partial charge on any atom is 0.252 e. The number of carbonyl (C=O) groups excluding carboxylic acids is 1. The number of hydrogen-bond acceptors (Lipinski definition) is 3. The Kier molecular flexibility index (Phi) is 5.36. The summed E-state index contributed by atoms with van der Waals surface area (Å²) in [6.07, 6.45) is 0.452. The van der Waals surface area contributed by atoms with Crippen LogP contribution in [0.15, 0.2) is 41.8 Å². The second-order valence-corrected chi connectivity index (χ2v) is 5.05. The lowest BCUT2D eigenvalue weighted by molar-refractivity contribution is 0.0951. The number of carbonyl (C=O) groups is 1. The van der Waals surface area contributed by atoms with Crippen molar-refractivity contribution in [1.82, 2.24) is 5.32 Å². The second kappa shape index (κ2) is 7.49. The van der Waals surface area contributed by atoms with Crippen molar-refractivity contribution in [2.45, 2.75) is 13.0 Å². The van der Waals surface area contributed by atoms with Gasteiger partial charge >= 0.3 is 0 Å². The van der Waals surface area contributed by atoms with Gasteiger partial charge in [0.15, 0.2) is 0 Å². The monoisotopic (exact) mass is 285 g/mol. The van der Waals surface area contributed by atoms with Gasteiger partial charge in [0.05, 0.1) is 17.0 Å². The van der Waals surface area contributed by atoms with Crippen LogP contribution >= 0.6 is 11.3 Å². The highest BCUT2D eigenvalue weighted by Gasteiger charge is 2.07. The third-order valence-electron chi connectivity index (χ3n) is 2.61. The molecule has 1 aromatic carbocycles. The van der Waals surface area contributed by atoms with Gasteiger partial charge in [0.25, 0.3) is 5.91 Å². The Morgan fingerprint density at radius 1 is 1.30 bits per heavy atom. The molecule has 0 unspecified atom stereocenters. The highest BCUT2D eigenvalue weighted by Crippen LogP contribution is 2.13. The molecule has 0 aliphatic heterocycles. The SMILES string of the molecule is O=C(NCc1ccccc1)c1csc(C#CCCO)c1. The zero-order valence-electron chi connectivity index (χ0n) is 10.9. The number of rotatable bonds is 4. The van der Waals surface area contributed by atoms with E-state index in [-0.39, 0.29) is 12.5 Å². The van der Waals surface area contributed by atoms with E-state index in [1.165, 1.54) is 11.3 Å². The van der Waals surface area contributed by atoms with Gasteiger partial charge in [-0.1, -0.05) is 42.2 Å². The first kappa shape index (κ1) is 14.3. The molecular formula is C16H15NO2S. The van der Waals surface area contributed by atoms with Crippen molar-refractivity contribution in [3.8, 4) is 11.8 Å². The fourth-order valence-corrected chi connectivity index (χ4v) is 2.36. The first-order chi connectivity index (χ1) is 9.79. The van der Waals surface area contributed by atoms with E-state index in [4.69, 9.17) is 5.11 Å². The molecule has 0 aliphatic carbocycles. The van der Waals surface area contributed by atoms with Gasteiger partial charge in [-0.2, -0.15) is 0 Å². The Bertz CT molecular complexity index is 623. The number of aliphatic hydroxyl groups excluding tert-OH is 1. The zero-order chi connectivity index (χ0) is 14.2. The van der Waals surface area contributed by atoms with Crippen molar-refractivity contribution in [3.63, 3.8) is 0 Å². The summed E-state index contributed by atoms with van der Waals surface area (Å²) in [4.78, 5) is 12.8. The van der Waals surface area contributed by atoms with Crippen LogP contribution in [0.1, 0.15) is 27.2 Å².